The summed E-state index contributed by atoms with van der Waals surface area (Å²) in [4.78, 5) is 37.7. The first-order valence-electron chi connectivity index (χ1n) is 14.2. The van der Waals surface area contributed by atoms with Crippen molar-refractivity contribution in [1.82, 2.24) is 25.1 Å². The van der Waals surface area contributed by atoms with Crippen molar-refractivity contribution >= 4 is 35.1 Å². The molecule has 2 aromatic rings. The summed E-state index contributed by atoms with van der Waals surface area (Å²) in [5.74, 6) is -0.125. The Morgan fingerprint density at radius 3 is 2.56 bits per heavy atom. The van der Waals surface area contributed by atoms with E-state index in [1.165, 1.54) is 0 Å². The Labute approximate surface area is 244 Å². The maximum absolute atomic E-state index is 13.8. The number of likely N-dealkylation sites (N-methyl/N-ethyl adjacent to an activating group) is 1. The zero-order chi connectivity index (χ0) is 29.7. The second-order valence-corrected chi connectivity index (χ2v) is 11.7. The number of aryl methyl sites for hydroxylation is 1. The van der Waals surface area contributed by atoms with Crippen molar-refractivity contribution in [3.05, 3.63) is 46.2 Å². The molecule has 2 unspecified atom stereocenters. The van der Waals surface area contributed by atoms with E-state index in [4.69, 9.17) is 11.6 Å². The number of rotatable bonds is 9. The van der Waals surface area contributed by atoms with Gasteiger partial charge in [-0.1, -0.05) is 18.0 Å². The van der Waals surface area contributed by atoms with Crippen molar-refractivity contribution in [2.75, 3.05) is 38.5 Å². The van der Waals surface area contributed by atoms with E-state index in [1.54, 1.807) is 23.1 Å². The van der Waals surface area contributed by atoms with Gasteiger partial charge in [0.2, 0.25) is 11.9 Å². The van der Waals surface area contributed by atoms with Gasteiger partial charge in [0.25, 0.3) is 5.91 Å². The topological polar surface area (TPSA) is 90.5 Å². The number of alkyl halides is 3. The van der Waals surface area contributed by atoms with Crippen molar-refractivity contribution in [3.63, 3.8) is 0 Å². The largest absolute Gasteiger partial charge is 0.419 e. The van der Waals surface area contributed by atoms with Crippen molar-refractivity contribution in [2.24, 2.45) is 11.8 Å². The van der Waals surface area contributed by atoms with Crippen molar-refractivity contribution < 1.29 is 22.8 Å². The second-order valence-electron chi connectivity index (χ2n) is 11.3. The van der Waals surface area contributed by atoms with Gasteiger partial charge in [0.15, 0.2) is 0 Å². The van der Waals surface area contributed by atoms with E-state index in [-0.39, 0.29) is 47.8 Å². The zero-order valence-corrected chi connectivity index (χ0v) is 24.5. The summed E-state index contributed by atoms with van der Waals surface area (Å²) < 4.78 is 41.4. The minimum absolute atomic E-state index is 0.00312. The molecule has 2 aliphatic rings. The van der Waals surface area contributed by atoms with Gasteiger partial charge in [-0.05, 0) is 77.1 Å². The van der Waals surface area contributed by atoms with E-state index in [1.807, 2.05) is 20.9 Å². The van der Waals surface area contributed by atoms with Crippen LogP contribution in [-0.2, 0) is 17.4 Å². The number of piperazine rings is 1. The molecular formula is C29H38ClF3N6O2. The van der Waals surface area contributed by atoms with Crippen LogP contribution in [0.3, 0.4) is 0 Å². The predicted molar refractivity (Wildman–Crippen MR) is 152 cm³/mol. The monoisotopic (exact) mass is 594 g/mol. The molecule has 41 heavy (non-hydrogen) atoms. The first-order valence-corrected chi connectivity index (χ1v) is 14.6. The molecule has 1 aliphatic carbocycles. The summed E-state index contributed by atoms with van der Waals surface area (Å²) in [7, 11) is 2.00. The van der Waals surface area contributed by atoms with Gasteiger partial charge in [-0.15, -0.1) is 0 Å². The highest BCUT2D eigenvalue weighted by molar-refractivity contribution is 6.34. The first-order chi connectivity index (χ1) is 19.4. The normalized spacial score (nSPS) is 20.0. The minimum atomic E-state index is -4.59. The van der Waals surface area contributed by atoms with E-state index in [9.17, 15) is 22.8 Å². The summed E-state index contributed by atoms with van der Waals surface area (Å²) in [6, 6.07) is 4.83. The van der Waals surface area contributed by atoms with E-state index in [0.717, 1.165) is 38.5 Å². The number of aromatic nitrogens is 2. The summed E-state index contributed by atoms with van der Waals surface area (Å²) in [5, 5.41) is 6.21. The van der Waals surface area contributed by atoms with Gasteiger partial charge in [-0.3, -0.25) is 9.59 Å². The SMILES string of the molecule is CC(C)NC(=O)C1CCCC1CCCc1nc(Nc2ccc(Cl)c(C(=O)N3CCN(C)CC3)c2)ncc1C(F)(F)F. The third-order valence-corrected chi connectivity index (χ3v) is 8.16. The number of carbonyl (C=O) groups is 2. The predicted octanol–water partition coefficient (Wildman–Crippen LogP) is 5.54. The molecule has 2 fully saturated rings. The number of nitrogens with one attached hydrogen (secondary N) is 2. The van der Waals surface area contributed by atoms with Gasteiger partial charge in [0, 0.05) is 50.0 Å². The molecular weight excluding hydrogens is 557 g/mol. The van der Waals surface area contributed by atoms with Crippen LogP contribution >= 0.6 is 11.6 Å². The quantitative estimate of drug-likeness (QED) is 0.396. The summed E-state index contributed by atoms with van der Waals surface area (Å²) in [5.41, 5.74) is -0.215. The molecule has 2 atom stereocenters. The van der Waals surface area contributed by atoms with Crippen LogP contribution in [0.1, 0.15) is 67.6 Å². The molecule has 1 aliphatic heterocycles. The lowest BCUT2D eigenvalue weighted by Crippen LogP contribution is -2.47. The standard InChI is InChI=1S/C29H38ClF3N6O2/c1-18(2)35-26(40)21-8-4-6-19(21)7-5-9-25-23(29(31,32)33)17-34-28(37-25)36-20-10-11-24(30)22(16-20)27(41)39-14-12-38(3)13-15-39/h10-11,16-19,21H,4-9,12-15H2,1-3H3,(H,35,40)(H,34,36,37). The van der Waals surface area contributed by atoms with Gasteiger partial charge < -0.3 is 20.4 Å². The van der Waals surface area contributed by atoms with Crippen LogP contribution in [0.5, 0.6) is 0 Å². The number of hydrogen-bond donors (Lipinski definition) is 2. The average Bonchev–Trinajstić information content (AvgIpc) is 3.38. The molecule has 4 rings (SSSR count). The van der Waals surface area contributed by atoms with Crippen LogP contribution in [0.4, 0.5) is 24.8 Å². The highest BCUT2D eigenvalue weighted by atomic mass is 35.5. The van der Waals surface area contributed by atoms with Gasteiger partial charge in [-0.2, -0.15) is 13.2 Å². The van der Waals surface area contributed by atoms with Crippen LogP contribution in [0, 0.1) is 11.8 Å². The number of nitrogens with zero attached hydrogens (tertiary/aromatic N) is 4. The van der Waals surface area contributed by atoms with Crippen LogP contribution in [0.25, 0.3) is 0 Å². The smallest absolute Gasteiger partial charge is 0.354 e. The molecule has 1 saturated carbocycles. The summed E-state index contributed by atoms with van der Waals surface area (Å²) in [6.45, 7) is 6.51. The third kappa shape index (κ3) is 8.09. The number of hydrogen-bond acceptors (Lipinski definition) is 6. The van der Waals surface area contributed by atoms with Gasteiger partial charge >= 0.3 is 6.18 Å². The van der Waals surface area contributed by atoms with Crippen LogP contribution in [0.15, 0.2) is 24.4 Å². The minimum Gasteiger partial charge on any atom is -0.354 e. The molecule has 1 aromatic heterocycles. The molecule has 2 amide bonds. The third-order valence-electron chi connectivity index (χ3n) is 7.83. The molecule has 0 radical (unpaired) electrons. The summed E-state index contributed by atoms with van der Waals surface area (Å²) >= 11 is 6.34. The van der Waals surface area contributed by atoms with Crippen molar-refractivity contribution in [2.45, 2.75) is 64.6 Å². The maximum atomic E-state index is 13.8. The number of amides is 2. The molecule has 12 heteroatoms. The van der Waals surface area contributed by atoms with Gasteiger partial charge in [0.05, 0.1) is 21.8 Å². The molecule has 2 N–H and O–H groups in total. The van der Waals surface area contributed by atoms with Gasteiger partial charge in [-0.25, -0.2) is 9.97 Å². The van der Waals surface area contributed by atoms with Crippen molar-refractivity contribution in [3.8, 4) is 0 Å². The van der Waals surface area contributed by atoms with E-state index in [2.05, 4.69) is 25.5 Å². The fourth-order valence-electron chi connectivity index (χ4n) is 5.63. The lowest BCUT2D eigenvalue weighted by Gasteiger charge is -2.32. The number of halogens is 4. The molecule has 0 spiro atoms. The van der Waals surface area contributed by atoms with Crippen molar-refractivity contribution in [1.29, 1.82) is 0 Å². The lowest BCUT2D eigenvalue weighted by atomic mass is 9.89. The molecule has 1 aromatic carbocycles. The molecule has 224 valence electrons. The van der Waals surface area contributed by atoms with Crippen LogP contribution < -0.4 is 10.6 Å². The summed E-state index contributed by atoms with van der Waals surface area (Å²) in [6.07, 6.45) is 0.0686. The highest BCUT2D eigenvalue weighted by Gasteiger charge is 2.36. The van der Waals surface area contributed by atoms with Gasteiger partial charge in [0.1, 0.15) is 0 Å². The fraction of sp³-hybridized carbons (Fsp3) is 0.586. The zero-order valence-electron chi connectivity index (χ0n) is 23.7. The molecule has 0 bridgehead atoms. The van der Waals surface area contributed by atoms with Crippen LogP contribution in [-0.4, -0.2) is 70.9 Å². The van der Waals surface area contributed by atoms with E-state index < -0.39 is 11.7 Å². The van der Waals surface area contributed by atoms with Crippen LogP contribution in [0.2, 0.25) is 5.02 Å². The number of benzene rings is 1. The molecule has 1 saturated heterocycles. The Morgan fingerprint density at radius 2 is 1.88 bits per heavy atom. The Bertz CT molecular complexity index is 1230. The Balaban J connectivity index is 1.46. The van der Waals surface area contributed by atoms with E-state index >= 15 is 0 Å². The Kier molecular flexibility index (Phi) is 10.1. The average molecular weight is 595 g/mol. The lowest BCUT2D eigenvalue weighted by molar-refractivity contribution is -0.138. The second kappa shape index (κ2) is 13.4. The maximum Gasteiger partial charge on any atom is 0.419 e. The Morgan fingerprint density at radius 1 is 1.15 bits per heavy atom. The van der Waals surface area contributed by atoms with E-state index in [0.29, 0.717) is 42.2 Å². The highest BCUT2D eigenvalue weighted by Crippen LogP contribution is 2.37. The molecule has 2 heterocycles. The number of carbonyl (C=O) groups excluding carboxylic acids is 2. The first kappa shape index (κ1) is 31.0. The fourth-order valence-corrected chi connectivity index (χ4v) is 5.83. The Hall–Kier alpha value is -2.92. The number of anilines is 2. The molecule has 8 nitrogen and oxygen atoms in total.